The number of tetrazole rings is 1. The molecule has 0 unspecified atom stereocenters. The Kier molecular flexibility index (Phi) is 3.39. The van der Waals surface area contributed by atoms with Gasteiger partial charge in [0.2, 0.25) is 0 Å². The molecule has 0 fully saturated rings. The second-order valence-corrected chi connectivity index (χ2v) is 5.13. The number of aromatic nitrogens is 7. The maximum absolute atomic E-state index is 4.38. The molecule has 4 aromatic rings. The highest BCUT2D eigenvalue weighted by atomic mass is 15.6. The molecule has 0 radical (unpaired) electrons. The monoisotopic (exact) mass is 306 g/mol. The van der Waals surface area contributed by atoms with E-state index < -0.39 is 0 Å². The first-order chi connectivity index (χ1) is 11.4. The highest BCUT2D eigenvalue weighted by Gasteiger charge is 2.03. The van der Waals surface area contributed by atoms with Crippen molar-refractivity contribution in [2.45, 2.75) is 13.1 Å². The number of nitrogens with one attached hydrogen (secondary N) is 1. The molecule has 3 heterocycles. The van der Waals surface area contributed by atoms with E-state index in [9.17, 15) is 0 Å². The number of anilines is 1. The Hall–Kier alpha value is -3.29. The summed E-state index contributed by atoms with van der Waals surface area (Å²) >= 11 is 0. The van der Waals surface area contributed by atoms with Gasteiger partial charge in [0.05, 0.1) is 12.7 Å². The second kappa shape index (κ2) is 5.84. The quantitative estimate of drug-likeness (QED) is 0.599. The van der Waals surface area contributed by atoms with Crippen LogP contribution in [0, 0.1) is 0 Å². The number of hydrogen-bond donors (Lipinski definition) is 1. The first-order valence-corrected chi connectivity index (χ1v) is 7.21. The fraction of sp³-hybridized carbons (Fsp3) is 0.133. The fourth-order valence-electron chi connectivity index (χ4n) is 2.29. The third kappa shape index (κ3) is 3.00. The van der Waals surface area contributed by atoms with Crippen LogP contribution in [0.3, 0.4) is 0 Å². The third-order valence-corrected chi connectivity index (χ3v) is 3.42. The molecule has 1 aromatic carbocycles. The number of rotatable bonds is 5. The lowest BCUT2D eigenvalue weighted by Gasteiger charge is -2.03. The van der Waals surface area contributed by atoms with Crippen molar-refractivity contribution in [1.82, 2.24) is 35.0 Å². The van der Waals surface area contributed by atoms with Crippen LogP contribution in [0.5, 0.6) is 0 Å². The van der Waals surface area contributed by atoms with Gasteiger partial charge in [-0.05, 0) is 28.1 Å². The van der Waals surface area contributed by atoms with Gasteiger partial charge in [0.25, 0.3) is 0 Å². The molecule has 1 N–H and O–H groups in total. The van der Waals surface area contributed by atoms with Gasteiger partial charge in [0.15, 0.2) is 5.65 Å². The molecule has 8 nitrogen and oxygen atoms in total. The van der Waals surface area contributed by atoms with Gasteiger partial charge in [-0.15, -0.1) is 14.8 Å². The minimum Gasteiger partial charge on any atom is -0.364 e. The Morgan fingerprint density at radius 3 is 2.83 bits per heavy atom. The van der Waals surface area contributed by atoms with Crippen molar-refractivity contribution >= 4 is 11.5 Å². The predicted octanol–water partition coefficient (Wildman–Crippen LogP) is 1.38. The molecule has 0 aliphatic heterocycles. The Morgan fingerprint density at radius 2 is 1.91 bits per heavy atom. The van der Waals surface area contributed by atoms with Crippen LogP contribution >= 0.6 is 0 Å². The number of fused-ring (bicyclic) bond motifs is 1. The molecular weight excluding hydrogens is 292 g/mol. The molecule has 23 heavy (non-hydrogen) atoms. The summed E-state index contributed by atoms with van der Waals surface area (Å²) in [4.78, 5) is 0. The lowest BCUT2D eigenvalue weighted by Crippen LogP contribution is -2.04. The second-order valence-electron chi connectivity index (χ2n) is 5.13. The van der Waals surface area contributed by atoms with Gasteiger partial charge < -0.3 is 5.32 Å². The molecule has 0 atom stereocenters. The van der Waals surface area contributed by atoms with Gasteiger partial charge in [-0.3, -0.25) is 4.68 Å². The fourth-order valence-corrected chi connectivity index (χ4v) is 2.29. The first kappa shape index (κ1) is 13.4. The van der Waals surface area contributed by atoms with Gasteiger partial charge in [-0.2, -0.15) is 5.10 Å². The molecule has 4 rings (SSSR count). The summed E-state index contributed by atoms with van der Waals surface area (Å²) in [6, 6.07) is 13.9. The predicted molar refractivity (Wildman–Crippen MR) is 83.7 cm³/mol. The zero-order valence-electron chi connectivity index (χ0n) is 12.2. The van der Waals surface area contributed by atoms with Gasteiger partial charge in [0.1, 0.15) is 5.82 Å². The number of hydrogen-bond acceptors (Lipinski definition) is 6. The van der Waals surface area contributed by atoms with E-state index in [1.165, 1.54) is 10.2 Å². The van der Waals surface area contributed by atoms with Gasteiger partial charge in [-0.1, -0.05) is 30.3 Å². The zero-order chi connectivity index (χ0) is 15.5. The largest absolute Gasteiger partial charge is 0.364 e. The van der Waals surface area contributed by atoms with Crippen molar-refractivity contribution in [2.75, 3.05) is 5.32 Å². The summed E-state index contributed by atoms with van der Waals surface area (Å²) < 4.78 is 3.31. The molecule has 0 aliphatic rings. The molecule has 0 spiro atoms. The van der Waals surface area contributed by atoms with Crippen LogP contribution in [0.25, 0.3) is 5.65 Å². The standard InChI is InChI=1S/C15H14N8/c1-2-4-12(5-3-1)10-22-11-13(9-17-22)8-16-14-6-7-15-18-20-21-23(15)19-14/h1-7,9,11H,8,10H2,(H,16,19). The van der Waals surface area contributed by atoms with E-state index in [1.54, 1.807) is 0 Å². The van der Waals surface area contributed by atoms with E-state index in [1.807, 2.05) is 47.4 Å². The molecule has 114 valence electrons. The topological polar surface area (TPSA) is 85.8 Å². The van der Waals surface area contributed by atoms with Gasteiger partial charge >= 0.3 is 0 Å². The van der Waals surface area contributed by atoms with E-state index in [4.69, 9.17) is 0 Å². The maximum atomic E-state index is 4.38. The van der Waals surface area contributed by atoms with Crippen LogP contribution in [0.15, 0.2) is 54.9 Å². The Labute approximate surface area is 131 Å². The van der Waals surface area contributed by atoms with E-state index in [2.05, 4.69) is 43.2 Å². The highest BCUT2D eigenvalue weighted by molar-refractivity contribution is 5.42. The number of nitrogens with zero attached hydrogens (tertiary/aromatic N) is 7. The molecule has 0 aliphatic carbocycles. The van der Waals surface area contributed by atoms with Crippen molar-refractivity contribution in [3.8, 4) is 0 Å². The zero-order valence-corrected chi connectivity index (χ0v) is 12.2. The van der Waals surface area contributed by atoms with Crippen LogP contribution < -0.4 is 5.32 Å². The van der Waals surface area contributed by atoms with Crippen LogP contribution in [0.2, 0.25) is 0 Å². The molecule has 0 saturated heterocycles. The number of benzene rings is 1. The summed E-state index contributed by atoms with van der Waals surface area (Å²) in [6.07, 6.45) is 3.88. The average molecular weight is 306 g/mol. The average Bonchev–Trinajstić information content (AvgIpc) is 3.22. The Bertz CT molecular complexity index is 911. The Balaban J connectivity index is 1.41. The minimum atomic E-state index is 0.617. The summed E-state index contributed by atoms with van der Waals surface area (Å²) in [5.41, 5.74) is 2.92. The normalized spacial score (nSPS) is 11.0. The minimum absolute atomic E-state index is 0.617. The van der Waals surface area contributed by atoms with Crippen LogP contribution in [-0.2, 0) is 13.1 Å². The third-order valence-electron chi connectivity index (χ3n) is 3.42. The van der Waals surface area contributed by atoms with E-state index in [0.717, 1.165) is 12.1 Å². The summed E-state index contributed by atoms with van der Waals surface area (Å²) in [7, 11) is 0. The van der Waals surface area contributed by atoms with Crippen molar-refractivity contribution in [1.29, 1.82) is 0 Å². The van der Waals surface area contributed by atoms with E-state index in [0.29, 0.717) is 18.0 Å². The molecular formula is C15H14N8. The van der Waals surface area contributed by atoms with Gasteiger partial charge in [0, 0.05) is 18.3 Å². The molecule has 0 bridgehead atoms. The van der Waals surface area contributed by atoms with Gasteiger partial charge in [-0.25, -0.2) is 0 Å². The van der Waals surface area contributed by atoms with Crippen LogP contribution in [0.4, 0.5) is 5.82 Å². The SMILES string of the molecule is c1ccc(Cn2cc(CNc3ccc4nnnn4n3)cn2)cc1. The van der Waals surface area contributed by atoms with E-state index >= 15 is 0 Å². The lowest BCUT2D eigenvalue weighted by molar-refractivity contribution is 0.686. The summed E-state index contributed by atoms with van der Waals surface area (Å²) in [5.74, 6) is 0.709. The maximum Gasteiger partial charge on any atom is 0.200 e. The van der Waals surface area contributed by atoms with Crippen LogP contribution in [0.1, 0.15) is 11.1 Å². The van der Waals surface area contributed by atoms with Crippen molar-refractivity contribution in [3.63, 3.8) is 0 Å². The Morgan fingerprint density at radius 1 is 1.00 bits per heavy atom. The molecule has 0 saturated carbocycles. The molecule has 0 amide bonds. The van der Waals surface area contributed by atoms with E-state index in [-0.39, 0.29) is 0 Å². The molecule has 3 aromatic heterocycles. The van der Waals surface area contributed by atoms with Crippen LogP contribution in [-0.4, -0.2) is 35.0 Å². The summed E-state index contributed by atoms with van der Waals surface area (Å²) in [5, 5.41) is 23.0. The van der Waals surface area contributed by atoms with Crippen molar-refractivity contribution in [3.05, 3.63) is 66.0 Å². The smallest absolute Gasteiger partial charge is 0.200 e. The van der Waals surface area contributed by atoms with Crippen molar-refractivity contribution < 1.29 is 0 Å². The van der Waals surface area contributed by atoms with Crippen molar-refractivity contribution in [2.24, 2.45) is 0 Å². The molecule has 8 heteroatoms. The highest BCUT2D eigenvalue weighted by Crippen LogP contribution is 2.08. The summed E-state index contributed by atoms with van der Waals surface area (Å²) in [6.45, 7) is 1.39. The lowest BCUT2D eigenvalue weighted by atomic mass is 10.2. The first-order valence-electron chi connectivity index (χ1n) is 7.21.